The van der Waals surface area contributed by atoms with Crippen molar-refractivity contribution in [2.75, 3.05) is 6.61 Å². The van der Waals surface area contributed by atoms with E-state index in [0.29, 0.717) is 18.7 Å². The van der Waals surface area contributed by atoms with E-state index < -0.39 is 22.1 Å². The summed E-state index contributed by atoms with van der Waals surface area (Å²) in [4.78, 5) is 4.02. The fraction of sp³-hybridized carbons (Fsp3) is 0.368. The maximum atomic E-state index is 13.4. The Hall–Kier alpha value is -2.69. The molecule has 10 heteroatoms. The number of hydrogen-bond donors (Lipinski definition) is 1. The van der Waals surface area contributed by atoms with Crippen LogP contribution in [0.2, 0.25) is 0 Å². The molecule has 3 aromatic rings. The summed E-state index contributed by atoms with van der Waals surface area (Å²) in [7, 11) is -3.89. The van der Waals surface area contributed by atoms with Gasteiger partial charge in [-0.2, -0.15) is 8.99 Å². The summed E-state index contributed by atoms with van der Waals surface area (Å²) >= 11 is 0. The number of sulfonamides is 1. The summed E-state index contributed by atoms with van der Waals surface area (Å²) in [6, 6.07) is 7.81. The zero-order valence-electron chi connectivity index (χ0n) is 16.2. The molecule has 1 aliphatic rings. The van der Waals surface area contributed by atoms with Crippen molar-refractivity contribution >= 4 is 10.0 Å². The Balaban J connectivity index is 1.83. The quantitative estimate of drug-likeness (QED) is 0.674. The molecule has 1 saturated heterocycles. The molecule has 1 fully saturated rings. The van der Waals surface area contributed by atoms with Gasteiger partial charge in [-0.3, -0.25) is 4.98 Å². The van der Waals surface area contributed by atoms with Gasteiger partial charge >= 0.3 is 0 Å². The van der Waals surface area contributed by atoms with Gasteiger partial charge in [0.25, 0.3) is 0 Å². The molecule has 0 spiro atoms. The molecule has 0 bridgehead atoms. The van der Waals surface area contributed by atoms with Crippen LogP contribution in [-0.4, -0.2) is 55.7 Å². The number of aliphatic hydroxyl groups excluding tert-OH is 1. The molecule has 4 rings (SSSR count). The first-order valence-corrected chi connectivity index (χ1v) is 10.8. The SMILES string of the molecule is Cc1cccc(C)c1-n1nnnc1[C@@H]1CC[C@@H](CO)N1S(=O)(=O)c1cccnc1. The fourth-order valence-electron chi connectivity index (χ4n) is 3.96. The van der Waals surface area contributed by atoms with E-state index in [0.717, 1.165) is 16.8 Å². The fourth-order valence-corrected chi connectivity index (χ4v) is 5.75. The van der Waals surface area contributed by atoms with E-state index >= 15 is 0 Å². The Morgan fingerprint density at radius 1 is 1.14 bits per heavy atom. The number of aryl methyl sites for hydroxylation is 2. The highest BCUT2D eigenvalue weighted by Crippen LogP contribution is 2.40. The van der Waals surface area contributed by atoms with Gasteiger partial charge in [0, 0.05) is 18.4 Å². The average Bonchev–Trinajstić information content (AvgIpc) is 3.35. The van der Waals surface area contributed by atoms with Gasteiger partial charge in [0.2, 0.25) is 10.0 Å². The van der Waals surface area contributed by atoms with Crippen LogP contribution < -0.4 is 0 Å². The van der Waals surface area contributed by atoms with Gasteiger partial charge in [0.15, 0.2) is 5.82 Å². The lowest BCUT2D eigenvalue weighted by atomic mass is 10.1. The summed E-state index contributed by atoms with van der Waals surface area (Å²) in [6.07, 6.45) is 3.86. The molecule has 29 heavy (non-hydrogen) atoms. The van der Waals surface area contributed by atoms with Gasteiger partial charge in [0.1, 0.15) is 4.90 Å². The predicted molar refractivity (Wildman–Crippen MR) is 105 cm³/mol. The van der Waals surface area contributed by atoms with Crippen molar-refractivity contribution < 1.29 is 13.5 Å². The number of para-hydroxylation sites is 1. The third kappa shape index (κ3) is 3.33. The molecule has 2 aromatic heterocycles. The number of aliphatic hydroxyl groups is 1. The molecule has 0 amide bonds. The van der Waals surface area contributed by atoms with Gasteiger partial charge < -0.3 is 5.11 Å². The lowest BCUT2D eigenvalue weighted by molar-refractivity contribution is 0.195. The first-order valence-electron chi connectivity index (χ1n) is 9.34. The normalized spacial score (nSPS) is 20.2. The van der Waals surface area contributed by atoms with Crippen LogP contribution in [0.5, 0.6) is 0 Å². The first kappa shape index (κ1) is 19.6. The predicted octanol–water partition coefficient (Wildman–Crippen LogP) is 1.56. The van der Waals surface area contributed by atoms with Crippen LogP contribution in [0, 0.1) is 13.8 Å². The number of nitrogens with zero attached hydrogens (tertiary/aromatic N) is 6. The minimum absolute atomic E-state index is 0.0800. The second-order valence-corrected chi connectivity index (χ2v) is 8.99. The van der Waals surface area contributed by atoms with Crippen molar-refractivity contribution in [1.29, 1.82) is 0 Å². The zero-order chi connectivity index (χ0) is 20.6. The summed E-state index contributed by atoms with van der Waals surface area (Å²) in [6.45, 7) is 3.65. The van der Waals surface area contributed by atoms with Crippen LogP contribution in [-0.2, 0) is 10.0 Å². The van der Waals surface area contributed by atoms with Gasteiger partial charge in [-0.05, 0) is 60.4 Å². The van der Waals surface area contributed by atoms with Crippen LogP contribution in [0.3, 0.4) is 0 Å². The smallest absolute Gasteiger partial charge is 0.245 e. The number of tetrazole rings is 1. The molecule has 0 unspecified atom stereocenters. The largest absolute Gasteiger partial charge is 0.395 e. The van der Waals surface area contributed by atoms with Gasteiger partial charge in [-0.25, -0.2) is 8.42 Å². The molecular formula is C19H22N6O3S. The van der Waals surface area contributed by atoms with Crippen molar-refractivity contribution in [3.05, 3.63) is 59.7 Å². The second-order valence-electron chi connectivity index (χ2n) is 7.14. The minimum Gasteiger partial charge on any atom is -0.395 e. The Morgan fingerprint density at radius 3 is 2.55 bits per heavy atom. The Kier molecular flexibility index (Phi) is 5.15. The summed E-state index contributed by atoms with van der Waals surface area (Å²) in [5.41, 5.74) is 2.80. The van der Waals surface area contributed by atoms with E-state index in [1.54, 1.807) is 10.7 Å². The standard InChI is InChI=1S/C19H22N6O3S/c1-13-5-3-6-14(2)18(13)24-19(21-22-23-24)17-9-8-15(12-26)25(17)29(27,28)16-7-4-10-20-11-16/h3-7,10-11,15,17,26H,8-9,12H2,1-2H3/t15-,17-/m0/s1. The molecule has 3 heterocycles. The average molecular weight is 414 g/mol. The molecule has 9 nitrogen and oxygen atoms in total. The third-order valence-electron chi connectivity index (χ3n) is 5.30. The summed E-state index contributed by atoms with van der Waals surface area (Å²) in [5.74, 6) is 0.436. The molecule has 0 aliphatic carbocycles. The lowest BCUT2D eigenvalue weighted by Gasteiger charge is -2.28. The van der Waals surface area contributed by atoms with Crippen molar-refractivity contribution in [2.24, 2.45) is 0 Å². The van der Waals surface area contributed by atoms with E-state index in [4.69, 9.17) is 0 Å². The van der Waals surface area contributed by atoms with E-state index in [9.17, 15) is 13.5 Å². The van der Waals surface area contributed by atoms with Crippen molar-refractivity contribution in [3.8, 4) is 5.69 Å². The molecule has 152 valence electrons. The molecular weight excluding hydrogens is 392 g/mol. The lowest BCUT2D eigenvalue weighted by Crippen LogP contribution is -2.40. The molecule has 0 saturated carbocycles. The Labute approximate surface area is 169 Å². The monoisotopic (exact) mass is 414 g/mol. The summed E-state index contributed by atoms with van der Waals surface area (Å²) in [5, 5.41) is 22.0. The van der Waals surface area contributed by atoms with Crippen molar-refractivity contribution in [1.82, 2.24) is 29.5 Å². The molecule has 1 N–H and O–H groups in total. The van der Waals surface area contributed by atoms with Crippen LogP contribution in [0.1, 0.15) is 35.8 Å². The van der Waals surface area contributed by atoms with Crippen molar-refractivity contribution in [3.63, 3.8) is 0 Å². The topological polar surface area (TPSA) is 114 Å². The molecule has 2 atom stereocenters. The Morgan fingerprint density at radius 2 is 1.90 bits per heavy atom. The second kappa shape index (κ2) is 7.62. The summed E-state index contributed by atoms with van der Waals surface area (Å²) < 4.78 is 29.7. The zero-order valence-corrected chi connectivity index (χ0v) is 17.0. The highest BCUT2D eigenvalue weighted by molar-refractivity contribution is 7.89. The van der Waals surface area contributed by atoms with Crippen LogP contribution in [0.15, 0.2) is 47.6 Å². The first-order chi connectivity index (χ1) is 13.9. The number of pyridine rings is 1. The van der Waals surface area contributed by atoms with E-state index in [-0.39, 0.29) is 11.5 Å². The number of aromatic nitrogens is 5. The highest BCUT2D eigenvalue weighted by atomic mass is 32.2. The maximum absolute atomic E-state index is 13.4. The van der Waals surface area contributed by atoms with Crippen LogP contribution in [0.4, 0.5) is 0 Å². The van der Waals surface area contributed by atoms with E-state index in [1.807, 2.05) is 32.0 Å². The van der Waals surface area contributed by atoms with Gasteiger partial charge in [-0.1, -0.05) is 18.2 Å². The highest BCUT2D eigenvalue weighted by Gasteiger charge is 2.45. The van der Waals surface area contributed by atoms with E-state index in [2.05, 4.69) is 20.5 Å². The Bertz CT molecular complexity index is 1100. The van der Waals surface area contributed by atoms with Crippen molar-refractivity contribution in [2.45, 2.75) is 43.7 Å². The molecule has 1 aliphatic heterocycles. The number of benzene rings is 1. The number of rotatable bonds is 5. The third-order valence-corrected chi connectivity index (χ3v) is 7.25. The van der Waals surface area contributed by atoms with Crippen LogP contribution in [0.25, 0.3) is 5.69 Å². The molecule has 1 aromatic carbocycles. The minimum atomic E-state index is -3.89. The van der Waals surface area contributed by atoms with E-state index in [1.165, 1.54) is 22.8 Å². The molecule has 0 radical (unpaired) electrons. The number of hydrogen-bond acceptors (Lipinski definition) is 7. The van der Waals surface area contributed by atoms with Crippen LogP contribution >= 0.6 is 0 Å². The maximum Gasteiger partial charge on any atom is 0.245 e. The van der Waals surface area contributed by atoms with Gasteiger partial charge in [0.05, 0.1) is 18.3 Å². The van der Waals surface area contributed by atoms with Gasteiger partial charge in [-0.15, -0.1) is 5.10 Å².